The van der Waals surface area contributed by atoms with Crippen molar-refractivity contribution in [2.45, 2.75) is 13.1 Å². The highest BCUT2D eigenvalue weighted by atomic mass is 35.5. The minimum absolute atomic E-state index is 0.732. The topological polar surface area (TPSA) is 42.6 Å². The number of hydrogen-bond acceptors (Lipinski definition) is 2. The molecule has 3 aromatic rings. The second-order valence-corrected chi connectivity index (χ2v) is 5.27. The van der Waals surface area contributed by atoms with E-state index in [-0.39, 0.29) is 0 Å². The van der Waals surface area contributed by atoms with Gasteiger partial charge in [0.25, 0.3) is 0 Å². The molecule has 3 rings (SSSR count). The number of hydrogen-bond donors (Lipinski definition) is 1. The number of pyridine rings is 1. The van der Waals surface area contributed by atoms with Crippen LogP contribution in [0.5, 0.6) is 0 Å². The van der Waals surface area contributed by atoms with E-state index in [1.54, 1.807) is 6.20 Å². The largest absolute Gasteiger partial charge is 0.455 e. The first kappa shape index (κ1) is 13.9. The Morgan fingerprint density at radius 3 is 2.62 bits per heavy atom. The standard InChI is InChI=1S/C17H15ClN2O/c18-15-5-3-14(4-6-15)17-8-7-16(21-17)12-20-11-13-2-1-9-19-10-13/h1-10,20H,11-12H2/p+1. The first-order valence-electron chi connectivity index (χ1n) is 6.86. The summed E-state index contributed by atoms with van der Waals surface area (Å²) < 4.78 is 5.86. The summed E-state index contributed by atoms with van der Waals surface area (Å²) in [6, 6.07) is 15.7. The maximum Gasteiger partial charge on any atom is 0.158 e. The SMILES string of the molecule is Clc1ccc(-c2ccc(C[NH2+]Cc3cccnc3)o2)cc1. The molecule has 0 amide bonds. The number of halogens is 1. The number of nitrogens with two attached hydrogens (primary N) is 1. The highest BCUT2D eigenvalue weighted by Gasteiger charge is 2.06. The third-order valence-electron chi connectivity index (χ3n) is 3.24. The minimum Gasteiger partial charge on any atom is -0.455 e. The van der Waals surface area contributed by atoms with Crippen LogP contribution in [0, 0.1) is 0 Å². The van der Waals surface area contributed by atoms with Crippen molar-refractivity contribution in [3.63, 3.8) is 0 Å². The Morgan fingerprint density at radius 2 is 1.86 bits per heavy atom. The molecule has 0 aliphatic carbocycles. The summed E-state index contributed by atoms with van der Waals surface area (Å²) in [5.74, 6) is 1.83. The molecular weight excluding hydrogens is 284 g/mol. The summed E-state index contributed by atoms with van der Waals surface area (Å²) in [4.78, 5) is 4.11. The van der Waals surface area contributed by atoms with E-state index in [9.17, 15) is 0 Å². The molecule has 106 valence electrons. The van der Waals surface area contributed by atoms with E-state index >= 15 is 0 Å². The van der Waals surface area contributed by atoms with Crippen molar-refractivity contribution in [2.24, 2.45) is 0 Å². The molecule has 2 heterocycles. The fourth-order valence-corrected chi connectivity index (χ4v) is 2.28. The van der Waals surface area contributed by atoms with Gasteiger partial charge >= 0.3 is 0 Å². The molecule has 0 saturated heterocycles. The van der Waals surface area contributed by atoms with Gasteiger partial charge in [-0.1, -0.05) is 17.7 Å². The lowest BCUT2D eigenvalue weighted by molar-refractivity contribution is -0.688. The van der Waals surface area contributed by atoms with Crippen LogP contribution >= 0.6 is 11.6 Å². The van der Waals surface area contributed by atoms with Gasteiger partial charge in [-0.3, -0.25) is 4.98 Å². The molecule has 0 atom stereocenters. The molecule has 0 unspecified atom stereocenters. The summed E-state index contributed by atoms with van der Waals surface area (Å²) in [5.41, 5.74) is 2.25. The van der Waals surface area contributed by atoms with E-state index in [4.69, 9.17) is 16.0 Å². The minimum atomic E-state index is 0.732. The third-order valence-corrected chi connectivity index (χ3v) is 3.49. The average Bonchev–Trinajstić information content (AvgIpc) is 2.98. The average molecular weight is 300 g/mol. The number of benzene rings is 1. The van der Waals surface area contributed by atoms with Crippen LogP contribution in [-0.4, -0.2) is 4.98 Å². The predicted octanol–water partition coefficient (Wildman–Crippen LogP) is 3.26. The molecule has 1 aromatic carbocycles. The number of furan rings is 1. The molecule has 0 bridgehead atoms. The van der Waals surface area contributed by atoms with Crippen molar-refractivity contribution >= 4 is 11.6 Å². The van der Waals surface area contributed by atoms with Gasteiger partial charge in [-0.25, -0.2) is 0 Å². The molecule has 2 N–H and O–H groups in total. The number of rotatable bonds is 5. The van der Waals surface area contributed by atoms with Gasteiger partial charge in [0.1, 0.15) is 18.8 Å². The lowest BCUT2D eigenvalue weighted by Crippen LogP contribution is -2.80. The van der Waals surface area contributed by atoms with E-state index in [1.807, 2.05) is 48.7 Å². The van der Waals surface area contributed by atoms with Crippen molar-refractivity contribution in [3.8, 4) is 11.3 Å². The van der Waals surface area contributed by atoms with Crippen LogP contribution in [0.15, 0.2) is 65.3 Å². The number of nitrogens with zero attached hydrogens (tertiary/aromatic N) is 1. The van der Waals surface area contributed by atoms with E-state index in [0.717, 1.165) is 35.2 Å². The van der Waals surface area contributed by atoms with Gasteiger partial charge in [-0.05, 0) is 42.5 Å². The Bertz CT molecular complexity index is 692. The second kappa shape index (κ2) is 6.57. The number of quaternary nitrogens is 1. The molecule has 0 aliphatic heterocycles. The van der Waals surface area contributed by atoms with E-state index in [2.05, 4.69) is 16.4 Å². The Labute approximate surface area is 128 Å². The zero-order valence-corrected chi connectivity index (χ0v) is 12.3. The molecule has 0 radical (unpaired) electrons. The Kier molecular flexibility index (Phi) is 4.34. The van der Waals surface area contributed by atoms with Gasteiger partial charge in [0.2, 0.25) is 0 Å². The molecule has 0 saturated carbocycles. The van der Waals surface area contributed by atoms with Crippen LogP contribution in [0.3, 0.4) is 0 Å². The van der Waals surface area contributed by atoms with Crippen LogP contribution in [0.1, 0.15) is 11.3 Å². The first-order chi connectivity index (χ1) is 10.3. The Morgan fingerprint density at radius 1 is 1.00 bits per heavy atom. The quantitative estimate of drug-likeness (QED) is 0.786. The highest BCUT2D eigenvalue weighted by molar-refractivity contribution is 6.30. The Hall–Kier alpha value is -2.10. The van der Waals surface area contributed by atoms with Gasteiger partial charge in [0, 0.05) is 28.5 Å². The molecule has 3 nitrogen and oxygen atoms in total. The first-order valence-corrected chi connectivity index (χ1v) is 7.24. The van der Waals surface area contributed by atoms with Crippen LogP contribution in [0.2, 0.25) is 5.02 Å². The second-order valence-electron chi connectivity index (χ2n) is 4.83. The third kappa shape index (κ3) is 3.72. The Balaban J connectivity index is 1.59. The lowest BCUT2D eigenvalue weighted by Gasteiger charge is -2.00. The maximum absolute atomic E-state index is 5.89. The predicted molar refractivity (Wildman–Crippen MR) is 82.7 cm³/mol. The maximum atomic E-state index is 5.89. The van der Waals surface area contributed by atoms with Crippen molar-refractivity contribution in [1.29, 1.82) is 0 Å². The van der Waals surface area contributed by atoms with Crippen LogP contribution in [0.25, 0.3) is 11.3 Å². The molecule has 0 spiro atoms. The van der Waals surface area contributed by atoms with Gasteiger partial charge in [0.05, 0.1) is 0 Å². The van der Waals surface area contributed by atoms with Crippen molar-refractivity contribution in [3.05, 3.63) is 77.3 Å². The summed E-state index contributed by atoms with van der Waals surface area (Å²) in [5, 5.41) is 2.93. The van der Waals surface area contributed by atoms with Crippen LogP contribution < -0.4 is 5.32 Å². The van der Waals surface area contributed by atoms with Gasteiger partial charge < -0.3 is 9.73 Å². The summed E-state index contributed by atoms with van der Waals surface area (Å²) >= 11 is 5.89. The summed E-state index contributed by atoms with van der Waals surface area (Å²) in [6.07, 6.45) is 3.67. The summed E-state index contributed by atoms with van der Waals surface area (Å²) in [6.45, 7) is 1.70. The van der Waals surface area contributed by atoms with E-state index in [1.165, 1.54) is 5.56 Å². The molecule has 0 fully saturated rings. The van der Waals surface area contributed by atoms with Crippen LogP contribution in [0.4, 0.5) is 0 Å². The zero-order chi connectivity index (χ0) is 14.5. The van der Waals surface area contributed by atoms with Crippen molar-refractivity contribution < 1.29 is 9.73 Å². The smallest absolute Gasteiger partial charge is 0.158 e. The number of aromatic nitrogens is 1. The van der Waals surface area contributed by atoms with Crippen LogP contribution in [-0.2, 0) is 13.1 Å². The molecular formula is C17H16ClN2O+. The fraction of sp³-hybridized carbons (Fsp3) is 0.118. The van der Waals surface area contributed by atoms with Gasteiger partial charge in [-0.2, -0.15) is 0 Å². The zero-order valence-electron chi connectivity index (χ0n) is 11.5. The van der Waals surface area contributed by atoms with Crippen molar-refractivity contribution in [1.82, 2.24) is 4.98 Å². The highest BCUT2D eigenvalue weighted by Crippen LogP contribution is 2.23. The van der Waals surface area contributed by atoms with Gasteiger partial charge in [-0.15, -0.1) is 0 Å². The molecule has 4 heteroatoms. The molecule has 2 aromatic heterocycles. The summed E-state index contributed by atoms with van der Waals surface area (Å²) in [7, 11) is 0. The monoisotopic (exact) mass is 299 g/mol. The fourth-order valence-electron chi connectivity index (χ4n) is 2.16. The van der Waals surface area contributed by atoms with E-state index < -0.39 is 0 Å². The van der Waals surface area contributed by atoms with E-state index in [0.29, 0.717) is 0 Å². The normalized spacial score (nSPS) is 10.7. The molecule has 0 aliphatic rings. The molecule has 21 heavy (non-hydrogen) atoms. The van der Waals surface area contributed by atoms with Crippen molar-refractivity contribution in [2.75, 3.05) is 0 Å². The lowest BCUT2D eigenvalue weighted by atomic mass is 10.2. The van der Waals surface area contributed by atoms with Gasteiger partial charge in [0.15, 0.2) is 5.76 Å².